The number of hydrogen-bond donors (Lipinski definition) is 4. The Morgan fingerprint density at radius 3 is 2.89 bits per heavy atom. The molecule has 5 N–H and O–H groups in total. The molecule has 0 spiro atoms. The molecule has 0 fully saturated rings. The number of nitrogen functional groups attached to an aromatic ring is 1. The third-order valence-electron chi connectivity index (χ3n) is 3.78. The molecule has 0 bridgehead atoms. The number of aliphatic hydroxyl groups excluding tert-OH is 1. The zero-order valence-electron chi connectivity index (χ0n) is 11.4. The molecule has 1 aliphatic heterocycles. The van der Waals surface area contributed by atoms with Crippen molar-refractivity contribution in [1.29, 1.82) is 0 Å². The molecule has 2 rings (SSSR count). The van der Waals surface area contributed by atoms with Crippen molar-refractivity contribution in [3.05, 3.63) is 17.7 Å². The maximum Gasteiger partial charge on any atom is 0.228 e. The second kappa shape index (κ2) is 5.09. The first-order chi connectivity index (χ1) is 8.97. The second-order valence-electron chi connectivity index (χ2n) is 5.33. The van der Waals surface area contributed by atoms with Crippen LogP contribution < -0.4 is 16.4 Å². The zero-order chi connectivity index (χ0) is 14.0. The van der Waals surface area contributed by atoms with Gasteiger partial charge in [-0.3, -0.25) is 4.79 Å². The molecule has 104 valence electrons. The second-order valence-corrected chi connectivity index (χ2v) is 5.33. The monoisotopic (exact) mass is 263 g/mol. The molecule has 1 aromatic carbocycles. The van der Waals surface area contributed by atoms with Crippen molar-refractivity contribution in [2.24, 2.45) is 0 Å². The van der Waals surface area contributed by atoms with E-state index in [0.29, 0.717) is 18.5 Å². The standard InChI is InChI=1S/C14H21N3O2/c1-3-14(2,4-5-18)17-12-8-11-9(6-10(12)15)7-13(19)16-11/h6,8,17-18H,3-5,7,15H2,1-2H3,(H,16,19). The van der Waals surface area contributed by atoms with Gasteiger partial charge in [0.1, 0.15) is 0 Å². The van der Waals surface area contributed by atoms with Crippen molar-refractivity contribution in [2.75, 3.05) is 23.0 Å². The van der Waals surface area contributed by atoms with Gasteiger partial charge in [0, 0.05) is 17.8 Å². The van der Waals surface area contributed by atoms with Crippen molar-refractivity contribution in [3.8, 4) is 0 Å². The quantitative estimate of drug-likeness (QED) is 0.609. The zero-order valence-corrected chi connectivity index (χ0v) is 11.4. The fourth-order valence-corrected chi connectivity index (χ4v) is 2.30. The summed E-state index contributed by atoms with van der Waals surface area (Å²) in [6.07, 6.45) is 1.91. The summed E-state index contributed by atoms with van der Waals surface area (Å²) in [6.45, 7) is 4.24. The molecule has 0 aromatic heterocycles. The Hall–Kier alpha value is -1.75. The summed E-state index contributed by atoms with van der Waals surface area (Å²) < 4.78 is 0. The van der Waals surface area contributed by atoms with Crippen LogP contribution >= 0.6 is 0 Å². The van der Waals surface area contributed by atoms with E-state index >= 15 is 0 Å². The van der Waals surface area contributed by atoms with Crippen LogP contribution in [0.5, 0.6) is 0 Å². The number of nitrogens with one attached hydrogen (secondary N) is 2. The molecule has 19 heavy (non-hydrogen) atoms. The van der Waals surface area contributed by atoms with Crippen molar-refractivity contribution >= 4 is 23.0 Å². The summed E-state index contributed by atoms with van der Waals surface area (Å²) in [7, 11) is 0. The summed E-state index contributed by atoms with van der Waals surface area (Å²) in [5.74, 6) is 0.000149. The van der Waals surface area contributed by atoms with Crippen LogP contribution in [0.25, 0.3) is 0 Å². The van der Waals surface area contributed by atoms with Crippen LogP contribution in [0.1, 0.15) is 32.3 Å². The lowest BCUT2D eigenvalue weighted by Gasteiger charge is -2.31. The Morgan fingerprint density at radius 2 is 2.26 bits per heavy atom. The fourth-order valence-electron chi connectivity index (χ4n) is 2.30. The molecular weight excluding hydrogens is 242 g/mol. The van der Waals surface area contributed by atoms with E-state index in [1.807, 2.05) is 12.1 Å². The summed E-state index contributed by atoms with van der Waals surface area (Å²) in [5.41, 5.74) is 9.02. The number of benzene rings is 1. The van der Waals surface area contributed by atoms with Gasteiger partial charge in [-0.1, -0.05) is 6.92 Å². The van der Waals surface area contributed by atoms with E-state index in [4.69, 9.17) is 10.8 Å². The van der Waals surface area contributed by atoms with Gasteiger partial charge in [-0.05, 0) is 37.5 Å². The largest absolute Gasteiger partial charge is 0.397 e. The van der Waals surface area contributed by atoms with Gasteiger partial charge in [-0.15, -0.1) is 0 Å². The van der Waals surface area contributed by atoms with E-state index in [2.05, 4.69) is 24.5 Å². The third-order valence-corrected chi connectivity index (χ3v) is 3.78. The molecule has 1 aliphatic rings. The molecule has 1 heterocycles. The maximum atomic E-state index is 11.4. The predicted molar refractivity (Wildman–Crippen MR) is 77.2 cm³/mol. The molecular formula is C14H21N3O2. The number of fused-ring (bicyclic) bond motifs is 1. The van der Waals surface area contributed by atoms with Crippen LogP contribution in [0.2, 0.25) is 0 Å². The third kappa shape index (κ3) is 2.81. The molecule has 5 nitrogen and oxygen atoms in total. The first-order valence-electron chi connectivity index (χ1n) is 6.59. The van der Waals surface area contributed by atoms with Crippen LogP contribution in [-0.2, 0) is 11.2 Å². The molecule has 1 atom stereocenters. The van der Waals surface area contributed by atoms with Crippen molar-refractivity contribution < 1.29 is 9.90 Å². The predicted octanol–water partition coefficient (Wildman–Crippen LogP) is 1.73. The van der Waals surface area contributed by atoms with E-state index in [-0.39, 0.29) is 18.1 Å². The molecule has 1 unspecified atom stereocenters. The van der Waals surface area contributed by atoms with Gasteiger partial charge in [-0.25, -0.2) is 0 Å². The number of carbonyl (C=O) groups is 1. The van der Waals surface area contributed by atoms with Gasteiger partial charge >= 0.3 is 0 Å². The number of anilines is 3. The maximum absolute atomic E-state index is 11.4. The Morgan fingerprint density at radius 1 is 1.53 bits per heavy atom. The smallest absolute Gasteiger partial charge is 0.228 e. The highest BCUT2D eigenvalue weighted by Gasteiger charge is 2.24. The van der Waals surface area contributed by atoms with Crippen molar-refractivity contribution in [3.63, 3.8) is 0 Å². The molecule has 0 aliphatic carbocycles. The molecule has 0 saturated heterocycles. The summed E-state index contributed by atoms with van der Waals surface area (Å²) in [4.78, 5) is 11.4. The fraction of sp³-hybridized carbons (Fsp3) is 0.500. The normalized spacial score (nSPS) is 16.7. The molecule has 0 saturated carbocycles. The number of amides is 1. The van der Waals surface area contributed by atoms with Crippen molar-refractivity contribution in [1.82, 2.24) is 0 Å². The Bertz CT molecular complexity index is 502. The van der Waals surface area contributed by atoms with E-state index in [9.17, 15) is 4.79 Å². The highest BCUT2D eigenvalue weighted by Crippen LogP contribution is 2.34. The Labute approximate surface area is 113 Å². The molecule has 5 heteroatoms. The van der Waals surface area contributed by atoms with E-state index in [1.165, 1.54) is 0 Å². The average Bonchev–Trinajstić information content (AvgIpc) is 2.69. The lowest BCUT2D eigenvalue weighted by atomic mass is 9.94. The first kappa shape index (κ1) is 13.7. The number of nitrogens with two attached hydrogens (primary N) is 1. The number of hydrogen-bond acceptors (Lipinski definition) is 4. The minimum absolute atomic E-state index is 0.000149. The lowest BCUT2D eigenvalue weighted by Crippen LogP contribution is -2.35. The highest BCUT2D eigenvalue weighted by molar-refractivity contribution is 6.00. The van der Waals surface area contributed by atoms with E-state index in [1.54, 1.807) is 0 Å². The lowest BCUT2D eigenvalue weighted by molar-refractivity contribution is -0.115. The minimum atomic E-state index is -0.209. The molecule has 1 aromatic rings. The van der Waals surface area contributed by atoms with E-state index < -0.39 is 0 Å². The summed E-state index contributed by atoms with van der Waals surface area (Å²) in [6, 6.07) is 3.71. The summed E-state index contributed by atoms with van der Waals surface area (Å²) >= 11 is 0. The van der Waals surface area contributed by atoms with E-state index in [0.717, 1.165) is 23.4 Å². The minimum Gasteiger partial charge on any atom is -0.397 e. The topological polar surface area (TPSA) is 87.4 Å². The number of carbonyl (C=O) groups excluding carboxylic acids is 1. The summed E-state index contributed by atoms with van der Waals surface area (Å²) in [5, 5.41) is 15.3. The van der Waals surface area contributed by atoms with Gasteiger partial charge in [0.2, 0.25) is 5.91 Å². The van der Waals surface area contributed by atoms with Crippen LogP contribution in [0.4, 0.5) is 17.1 Å². The molecule has 1 amide bonds. The van der Waals surface area contributed by atoms with Gasteiger partial charge in [-0.2, -0.15) is 0 Å². The van der Waals surface area contributed by atoms with Gasteiger partial charge in [0.15, 0.2) is 0 Å². The van der Waals surface area contributed by atoms with Gasteiger partial charge in [0.05, 0.1) is 17.8 Å². The SMILES string of the molecule is CCC(C)(CCO)Nc1cc2c(cc1N)CC(=O)N2. The van der Waals surface area contributed by atoms with Crippen LogP contribution in [0.3, 0.4) is 0 Å². The van der Waals surface area contributed by atoms with Crippen molar-refractivity contribution in [2.45, 2.75) is 38.6 Å². The Balaban J connectivity index is 2.26. The molecule has 0 radical (unpaired) electrons. The average molecular weight is 263 g/mol. The van der Waals surface area contributed by atoms with Crippen LogP contribution in [-0.4, -0.2) is 23.2 Å². The van der Waals surface area contributed by atoms with Gasteiger partial charge < -0.3 is 21.5 Å². The van der Waals surface area contributed by atoms with Crippen LogP contribution in [0, 0.1) is 0 Å². The first-order valence-corrected chi connectivity index (χ1v) is 6.59. The van der Waals surface area contributed by atoms with Gasteiger partial charge in [0.25, 0.3) is 0 Å². The number of rotatable bonds is 5. The highest BCUT2D eigenvalue weighted by atomic mass is 16.3. The van der Waals surface area contributed by atoms with Crippen LogP contribution in [0.15, 0.2) is 12.1 Å². The Kier molecular flexibility index (Phi) is 3.66. The number of aliphatic hydroxyl groups is 1.